The number of carbonyl (C=O) groups excluding carboxylic acids is 3. The fraction of sp³-hybridized carbons (Fsp3) is 0.286. The summed E-state index contributed by atoms with van der Waals surface area (Å²) in [4.78, 5) is 36.1. The zero-order chi connectivity index (χ0) is 19.6. The van der Waals surface area contributed by atoms with Gasteiger partial charge in [0.2, 0.25) is 0 Å². The average Bonchev–Trinajstić information content (AvgIpc) is 2.69. The van der Waals surface area contributed by atoms with Gasteiger partial charge in [0.15, 0.2) is 5.78 Å². The van der Waals surface area contributed by atoms with E-state index in [4.69, 9.17) is 9.47 Å². The molecule has 2 aromatic rings. The van der Waals surface area contributed by atoms with Gasteiger partial charge >= 0.3 is 12.1 Å². The van der Waals surface area contributed by atoms with Gasteiger partial charge in [-0.25, -0.2) is 9.59 Å². The van der Waals surface area contributed by atoms with Gasteiger partial charge in [0.25, 0.3) is 0 Å². The van der Waals surface area contributed by atoms with Gasteiger partial charge in [0.05, 0.1) is 7.11 Å². The Labute approximate surface area is 158 Å². The van der Waals surface area contributed by atoms with Gasteiger partial charge in [-0.2, -0.15) is 0 Å². The highest BCUT2D eigenvalue weighted by Gasteiger charge is 2.23. The molecule has 142 valence electrons. The number of ether oxygens (including phenoxy) is 2. The predicted molar refractivity (Wildman–Crippen MR) is 100 cm³/mol. The van der Waals surface area contributed by atoms with Crippen LogP contribution >= 0.6 is 0 Å². The topological polar surface area (TPSA) is 81.7 Å². The lowest BCUT2D eigenvalue weighted by atomic mass is 10.0. The van der Waals surface area contributed by atoms with Crippen LogP contribution in [0.1, 0.15) is 34.3 Å². The number of ketones is 1. The van der Waals surface area contributed by atoms with Crippen molar-refractivity contribution in [1.29, 1.82) is 0 Å². The van der Waals surface area contributed by atoms with Crippen molar-refractivity contribution in [2.75, 3.05) is 7.11 Å². The Morgan fingerprint density at radius 1 is 1.04 bits per heavy atom. The molecule has 6 heteroatoms. The summed E-state index contributed by atoms with van der Waals surface area (Å²) in [5.41, 5.74) is 2.46. The predicted octanol–water partition coefficient (Wildman–Crippen LogP) is 3.43. The second-order valence-corrected chi connectivity index (χ2v) is 6.11. The molecule has 0 aliphatic carbocycles. The molecule has 0 heterocycles. The van der Waals surface area contributed by atoms with Gasteiger partial charge in [-0.05, 0) is 18.9 Å². The summed E-state index contributed by atoms with van der Waals surface area (Å²) in [6.45, 7) is 2.03. The van der Waals surface area contributed by atoms with Crippen molar-refractivity contribution in [3.63, 3.8) is 0 Å². The molecule has 2 rings (SSSR count). The molecule has 2 aromatic carbocycles. The fourth-order valence-electron chi connectivity index (χ4n) is 2.57. The maximum absolute atomic E-state index is 12.2. The molecular formula is C21H23NO5. The average molecular weight is 369 g/mol. The van der Waals surface area contributed by atoms with Crippen molar-refractivity contribution >= 4 is 17.8 Å². The number of Topliss-reactive ketones (excluding diaryl/α,β-unsaturated/α-hetero) is 1. The monoisotopic (exact) mass is 369 g/mol. The van der Waals surface area contributed by atoms with E-state index in [-0.39, 0.29) is 25.2 Å². The van der Waals surface area contributed by atoms with Crippen LogP contribution in [0.4, 0.5) is 4.79 Å². The molecule has 0 saturated heterocycles. The Kier molecular flexibility index (Phi) is 7.55. The van der Waals surface area contributed by atoms with E-state index < -0.39 is 18.1 Å². The molecule has 0 aliphatic rings. The van der Waals surface area contributed by atoms with Crippen molar-refractivity contribution in [1.82, 2.24) is 5.32 Å². The zero-order valence-corrected chi connectivity index (χ0v) is 15.4. The molecule has 6 nitrogen and oxygen atoms in total. The molecular weight excluding hydrogens is 346 g/mol. The van der Waals surface area contributed by atoms with Crippen LogP contribution in [0.5, 0.6) is 0 Å². The molecule has 1 unspecified atom stereocenters. The summed E-state index contributed by atoms with van der Waals surface area (Å²) in [6.07, 6.45) is -0.513. The number of nitrogens with one attached hydrogen (secondary N) is 1. The number of amides is 1. The van der Waals surface area contributed by atoms with E-state index >= 15 is 0 Å². The van der Waals surface area contributed by atoms with Crippen LogP contribution in [0.3, 0.4) is 0 Å². The van der Waals surface area contributed by atoms with Crippen LogP contribution in [0.15, 0.2) is 54.6 Å². The summed E-state index contributed by atoms with van der Waals surface area (Å²) in [5.74, 6) is -0.734. The van der Waals surface area contributed by atoms with Crippen LogP contribution in [0.2, 0.25) is 0 Å². The lowest BCUT2D eigenvalue weighted by Gasteiger charge is -2.16. The summed E-state index contributed by atoms with van der Waals surface area (Å²) >= 11 is 0. The lowest BCUT2D eigenvalue weighted by Crippen LogP contribution is -2.42. The van der Waals surface area contributed by atoms with Crippen molar-refractivity contribution in [3.05, 3.63) is 71.3 Å². The number of aryl methyl sites for hydroxylation is 1. The standard InChI is InChI=1S/C21H23NO5/c1-15-7-6-8-16(13-15)14-27-21(25)22-18(20(24)26-2)11-12-19(23)17-9-4-3-5-10-17/h3-10,13,18H,11-12,14H2,1-2H3,(H,22,25). The first-order chi connectivity index (χ1) is 13.0. The molecule has 0 saturated carbocycles. The minimum absolute atomic E-state index is 0.0877. The number of rotatable bonds is 8. The van der Waals surface area contributed by atoms with E-state index in [9.17, 15) is 14.4 Å². The van der Waals surface area contributed by atoms with E-state index in [0.717, 1.165) is 11.1 Å². The maximum Gasteiger partial charge on any atom is 0.408 e. The molecule has 1 atom stereocenters. The second-order valence-electron chi connectivity index (χ2n) is 6.11. The van der Waals surface area contributed by atoms with Gasteiger partial charge in [-0.3, -0.25) is 4.79 Å². The minimum Gasteiger partial charge on any atom is -0.467 e. The lowest BCUT2D eigenvalue weighted by molar-refractivity contribution is -0.143. The normalized spacial score (nSPS) is 11.3. The molecule has 1 N–H and O–H groups in total. The first-order valence-electron chi connectivity index (χ1n) is 8.64. The van der Waals surface area contributed by atoms with Gasteiger partial charge < -0.3 is 14.8 Å². The number of hydrogen-bond acceptors (Lipinski definition) is 5. The second kappa shape index (κ2) is 10.1. The molecule has 0 radical (unpaired) electrons. The Bertz CT molecular complexity index is 788. The van der Waals surface area contributed by atoms with Crippen LogP contribution in [-0.2, 0) is 20.9 Å². The smallest absolute Gasteiger partial charge is 0.408 e. The SMILES string of the molecule is COC(=O)C(CCC(=O)c1ccccc1)NC(=O)OCc1cccc(C)c1. The van der Waals surface area contributed by atoms with E-state index in [0.29, 0.717) is 5.56 Å². The first-order valence-corrected chi connectivity index (χ1v) is 8.64. The Morgan fingerprint density at radius 3 is 2.44 bits per heavy atom. The van der Waals surface area contributed by atoms with E-state index in [1.807, 2.05) is 37.3 Å². The van der Waals surface area contributed by atoms with Gasteiger partial charge in [0, 0.05) is 12.0 Å². The van der Waals surface area contributed by atoms with Crippen molar-refractivity contribution in [3.8, 4) is 0 Å². The molecule has 0 fully saturated rings. The Hall–Kier alpha value is -3.15. The number of hydrogen-bond donors (Lipinski definition) is 1. The maximum atomic E-state index is 12.2. The Balaban J connectivity index is 1.88. The quantitative estimate of drug-likeness (QED) is 0.569. The van der Waals surface area contributed by atoms with Gasteiger partial charge in [-0.1, -0.05) is 60.2 Å². The fourth-order valence-corrected chi connectivity index (χ4v) is 2.57. The highest BCUT2D eigenvalue weighted by atomic mass is 16.6. The molecule has 27 heavy (non-hydrogen) atoms. The van der Waals surface area contributed by atoms with E-state index in [1.165, 1.54) is 7.11 Å². The van der Waals surface area contributed by atoms with E-state index in [1.54, 1.807) is 24.3 Å². The molecule has 0 aromatic heterocycles. The van der Waals surface area contributed by atoms with Crippen molar-refractivity contribution in [2.45, 2.75) is 32.4 Å². The summed E-state index contributed by atoms with van der Waals surface area (Å²) < 4.78 is 9.87. The number of benzene rings is 2. The summed E-state index contributed by atoms with van der Waals surface area (Å²) in [5, 5.41) is 2.47. The number of alkyl carbamates (subject to hydrolysis) is 1. The molecule has 1 amide bonds. The Morgan fingerprint density at radius 2 is 1.78 bits per heavy atom. The summed E-state index contributed by atoms with van der Waals surface area (Å²) in [7, 11) is 1.23. The first kappa shape index (κ1) is 20.2. The number of carbonyl (C=O) groups is 3. The number of esters is 1. The van der Waals surface area contributed by atoms with E-state index in [2.05, 4.69) is 5.32 Å². The highest BCUT2D eigenvalue weighted by molar-refractivity contribution is 5.96. The van der Waals surface area contributed by atoms with Crippen molar-refractivity contribution < 1.29 is 23.9 Å². The third-order valence-corrected chi connectivity index (χ3v) is 3.99. The third kappa shape index (κ3) is 6.58. The van der Waals surface area contributed by atoms with Crippen LogP contribution in [0, 0.1) is 6.92 Å². The van der Waals surface area contributed by atoms with Crippen LogP contribution in [-0.4, -0.2) is 31.0 Å². The molecule has 0 spiro atoms. The highest BCUT2D eigenvalue weighted by Crippen LogP contribution is 2.09. The molecule has 0 bridgehead atoms. The molecule has 0 aliphatic heterocycles. The zero-order valence-electron chi connectivity index (χ0n) is 15.4. The minimum atomic E-state index is -0.951. The van der Waals surface area contributed by atoms with Gasteiger partial charge in [0.1, 0.15) is 12.6 Å². The van der Waals surface area contributed by atoms with Crippen LogP contribution < -0.4 is 5.32 Å². The summed E-state index contributed by atoms with van der Waals surface area (Å²) in [6, 6.07) is 15.4. The number of methoxy groups -OCH3 is 1. The van der Waals surface area contributed by atoms with Crippen molar-refractivity contribution in [2.24, 2.45) is 0 Å². The largest absolute Gasteiger partial charge is 0.467 e. The third-order valence-electron chi connectivity index (χ3n) is 3.99. The van der Waals surface area contributed by atoms with Gasteiger partial charge in [-0.15, -0.1) is 0 Å². The van der Waals surface area contributed by atoms with Crippen LogP contribution in [0.25, 0.3) is 0 Å².